The number of hydrogen-bond donors (Lipinski definition) is 6. The normalized spacial score (nSPS) is 59.4. The summed E-state index contributed by atoms with van der Waals surface area (Å²) in [6.45, 7) is 8.41. The lowest BCUT2D eigenvalue weighted by Crippen LogP contribution is -2.59. The second-order valence-electron chi connectivity index (χ2n) is 15.9. The SMILES string of the molecule is C[C@H]1[C@H]2[C@H](C[C@H]3[C@@H]4CC=C5C[C@@H](O)CC[C@]5(C)[C@H]4C[C@H](O)[C@]23C)O[C@]12CC[C@@](C)(CO[C@@H]1O[C@H](CO)[C@@H](O)[C@H](O)[C@H]1O)O2. The molecule has 1 spiro atoms. The molecule has 17 atom stereocenters. The molecule has 7 rings (SSSR count). The molecule has 3 heterocycles. The molecule has 6 N–H and O–H groups in total. The van der Waals surface area contributed by atoms with Gasteiger partial charge >= 0.3 is 0 Å². The lowest BCUT2D eigenvalue weighted by Gasteiger charge is -2.60. The summed E-state index contributed by atoms with van der Waals surface area (Å²) in [6, 6.07) is 0. The number of rotatable bonds is 4. The highest BCUT2D eigenvalue weighted by molar-refractivity contribution is 5.27. The first-order valence-corrected chi connectivity index (χ1v) is 16.6. The van der Waals surface area contributed by atoms with Gasteiger partial charge < -0.3 is 49.6 Å². The van der Waals surface area contributed by atoms with Crippen LogP contribution in [0.15, 0.2) is 11.6 Å². The van der Waals surface area contributed by atoms with Crippen molar-refractivity contribution in [1.82, 2.24) is 0 Å². The number of aliphatic hydroxyl groups is 6. The van der Waals surface area contributed by atoms with E-state index in [4.69, 9.17) is 18.9 Å². The van der Waals surface area contributed by atoms with Gasteiger partial charge in [-0.25, -0.2) is 0 Å². The molecule has 6 fully saturated rings. The highest BCUT2D eigenvalue weighted by atomic mass is 16.7. The topological polar surface area (TPSA) is 158 Å². The third-order valence-electron chi connectivity index (χ3n) is 13.7. The smallest absolute Gasteiger partial charge is 0.186 e. The van der Waals surface area contributed by atoms with Crippen molar-refractivity contribution in [3.63, 3.8) is 0 Å². The zero-order valence-corrected chi connectivity index (χ0v) is 26.0. The van der Waals surface area contributed by atoms with Crippen LogP contribution in [0.25, 0.3) is 0 Å². The molecular weight excluding hydrogens is 556 g/mol. The molecule has 10 nitrogen and oxygen atoms in total. The molecular formula is C33H52O10. The maximum absolute atomic E-state index is 12.0. The van der Waals surface area contributed by atoms with E-state index in [2.05, 4.69) is 26.8 Å². The number of aliphatic hydroxyl groups excluding tert-OH is 6. The van der Waals surface area contributed by atoms with Crippen LogP contribution in [0.5, 0.6) is 0 Å². The van der Waals surface area contributed by atoms with Crippen molar-refractivity contribution in [3.8, 4) is 0 Å². The van der Waals surface area contributed by atoms with Crippen molar-refractivity contribution < 1.29 is 49.6 Å². The van der Waals surface area contributed by atoms with Crippen molar-refractivity contribution in [1.29, 1.82) is 0 Å². The maximum atomic E-state index is 12.0. The van der Waals surface area contributed by atoms with E-state index in [-0.39, 0.29) is 41.5 Å². The minimum absolute atomic E-state index is 0.00141. The van der Waals surface area contributed by atoms with E-state index in [9.17, 15) is 30.6 Å². The molecule has 3 saturated carbocycles. The Morgan fingerprint density at radius 3 is 2.47 bits per heavy atom. The lowest BCUT2D eigenvalue weighted by molar-refractivity contribution is -0.318. The number of fused-ring (bicyclic) bond motifs is 7. The van der Waals surface area contributed by atoms with Crippen molar-refractivity contribution in [3.05, 3.63) is 11.6 Å². The van der Waals surface area contributed by atoms with Crippen LogP contribution in [-0.4, -0.2) is 104 Å². The van der Waals surface area contributed by atoms with Crippen LogP contribution < -0.4 is 0 Å². The Morgan fingerprint density at radius 1 is 0.953 bits per heavy atom. The van der Waals surface area contributed by atoms with Gasteiger partial charge in [-0.3, -0.25) is 0 Å². The van der Waals surface area contributed by atoms with Crippen molar-refractivity contribution >= 4 is 0 Å². The third-order valence-corrected chi connectivity index (χ3v) is 13.7. The summed E-state index contributed by atoms with van der Waals surface area (Å²) in [5, 5.41) is 62.5. The molecule has 0 amide bonds. The standard InChI is InChI=1S/C33H52O10/c1-16-25-22(12-21-19-6-5-17-11-18(35)7-8-31(17,3)20(19)13-24(36)32(21,25)4)42-33(16)10-9-30(2,43-33)15-40-29-28(39)27(38)26(37)23(14-34)41-29/h5,16,18-29,34-39H,6-15H2,1-4H3/t16-,18-,19+,20-,21-,22-,23+,24-,25-,26+,27-,28+,29+,30-,31-,32+,33-/m0/s1. The van der Waals surface area contributed by atoms with Crippen LogP contribution in [0.3, 0.4) is 0 Å². The fourth-order valence-corrected chi connectivity index (χ4v) is 11.2. The van der Waals surface area contributed by atoms with Crippen molar-refractivity contribution in [2.75, 3.05) is 13.2 Å². The lowest BCUT2D eigenvalue weighted by atomic mass is 9.46. The van der Waals surface area contributed by atoms with Gasteiger partial charge in [0.15, 0.2) is 12.1 Å². The van der Waals surface area contributed by atoms with Crippen LogP contribution in [0.4, 0.5) is 0 Å². The molecule has 0 aromatic rings. The van der Waals surface area contributed by atoms with Crippen LogP contribution in [0.1, 0.15) is 79.1 Å². The average Bonchev–Trinajstić information content (AvgIpc) is 3.56. The van der Waals surface area contributed by atoms with E-state index in [0.29, 0.717) is 30.6 Å². The van der Waals surface area contributed by atoms with Gasteiger partial charge in [0.2, 0.25) is 0 Å². The van der Waals surface area contributed by atoms with Crippen molar-refractivity contribution in [2.45, 2.75) is 139 Å². The monoisotopic (exact) mass is 608 g/mol. The minimum Gasteiger partial charge on any atom is -0.394 e. The summed E-state index contributed by atoms with van der Waals surface area (Å²) < 4.78 is 25.2. The molecule has 0 aromatic carbocycles. The van der Waals surface area contributed by atoms with Gasteiger partial charge in [-0.1, -0.05) is 32.4 Å². The number of hydrogen-bond acceptors (Lipinski definition) is 10. The van der Waals surface area contributed by atoms with Crippen LogP contribution in [0, 0.1) is 40.4 Å². The first-order chi connectivity index (χ1) is 20.3. The molecule has 3 aliphatic heterocycles. The Balaban J connectivity index is 1.06. The highest BCUT2D eigenvalue weighted by Gasteiger charge is 2.72. The predicted molar refractivity (Wildman–Crippen MR) is 153 cm³/mol. The Labute approximate surface area is 254 Å². The van der Waals surface area contributed by atoms with E-state index < -0.39 is 54.8 Å². The Bertz CT molecular complexity index is 1120. The van der Waals surface area contributed by atoms with Gasteiger partial charge in [-0.15, -0.1) is 0 Å². The van der Waals surface area contributed by atoms with E-state index in [1.807, 2.05) is 6.92 Å². The highest BCUT2D eigenvalue weighted by Crippen LogP contribution is 2.71. The first-order valence-electron chi connectivity index (χ1n) is 16.6. The summed E-state index contributed by atoms with van der Waals surface area (Å²) >= 11 is 0. The van der Waals surface area contributed by atoms with Crippen LogP contribution in [-0.2, 0) is 18.9 Å². The number of allylic oxidation sites excluding steroid dienone is 1. The summed E-state index contributed by atoms with van der Waals surface area (Å²) in [4.78, 5) is 0. The fourth-order valence-electron chi connectivity index (χ4n) is 11.2. The minimum atomic E-state index is -1.49. The van der Waals surface area contributed by atoms with Gasteiger partial charge in [0.1, 0.15) is 24.4 Å². The summed E-state index contributed by atoms with van der Waals surface area (Å²) in [5.41, 5.74) is 0.439. The van der Waals surface area contributed by atoms with Gasteiger partial charge in [0.25, 0.3) is 0 Å². The van der Waals surface area contributed by atoms with Gasteiger partial charge in [0, 0.05) is 23.7 Å². The molecule has 0 aromatic heterocycles. The Hall–Kier alpha value is -0.660. The average molecular weight is 609 g/mol. The summed E-state index contributed by atoms with van der Waals surface area (Å²) in [6.07, 6.45) is 1.76. The number of ether oxygens (including phenoxy) is 4. The van der Waals surface area contributed by atoms with Crippen LogP contribution in [0.2, 0.25) is 0 Å². The Kier molecular flexibility index (Phi) is 7.51. The van der Waals surface area contributed by atoms with E-state index in [1.54, 1.807) is 0 Å². The van der Waals surface area contributed by atoms with Gasteiger partial charge in [-0.2, -0.15) is 0 Å². The predicted octanol–water partition coefficient (Wildman–Crippen LogP) is 1.62. The fraction of sp³-hybridized carbons (Fsp3) is 0.939. The molecule has 244 valence electrons. The first kappa shape index (κ1) is 31.0. The van der Waals surface area contributed by atoms with Crippen molar-refractivity contribution in [2.24, 2.45) is 40.4 Å². The van der Waals surface area contributed by atoms with E-state index in [0.717, 1.165) is 38.5 Å². The summed E-state index contributed by atoms with van der Waals surface area (Å²) in [5.74, 6) is 0.702. The van der Waals surface area contributed by atoms with Gasteiger partial charge in [0.05, 0.1) is 37.1 Å². The molecule has 10 heteroatoms. The maximum Gasteiger partial charge on any atom is 0.186 e. The molecule has 43 heavy (non-hydrogen) atoms. The molecule has 0 radical (unpaired) electrons. The van der Waals surface area contributed by atoms with E-state index >= 15 is 0 Å². The molecule has 0 bridgehead atoms. The quantitative estimate of drug-likeness (QED) is 0.259. The van der Waals surface area contributed by atoms with Gasteiger partial charge in [-0.05, 0) is 75.0 Å². The zero-order valence-electron chi connectivity index (χ0n) is 26.0. The largest absolute Gasteiger partial charge is 0.394 e. The second kappa shape index (κ2) is 10.4. The Morgan fingerprint density at radius 2 is 1.72 bits per heavy atom. The van der Waals surface area contributed by atoms with Crippen LogP contribution >= 0.6 is 0 Å². The second-order valence-corrected chi connectivity index (χ2v) is 15.9. The molecule has 3 saturated heterocycles. The molecule has 4 aliphatic carbocycles. The molecule has 7 aliphatic rings. The molecule has 0 unspecified atom stereocenters. The van der Waals surface area contributed by atoms with E-state index in [1.165, 1.54) is 5.57 Å². The third kappa shape index (κ3) is 4.42. The zero-order chi connectivity index (χ0) is 30.7. The summed E-state index contributed by atoms with van der Waals surface area (Å²) in [7, 11) is 0.